The lowest BCUT2D eigenvalue weighted by atomic mass is 9.49. The summed E-state index contributed by atoms with van der Waals surface area (Å²) in [5, 5.41) is 21.2. The fourth-order valence-electron chi connectivity index (χ4n) is 8.43. The molecule has 7 rings (SSSR count). The Morgan fingerprint density at radius 3 is 2.34 bits per heavy atom. The zero-order valence-corrected chi connectivity index (χ0v) is 28.7. The molecule has 6 atom stereocenters. The Labute approximate surface area is 301 Å². The molecule has 50 heavy (non-hydrogen) atoms. The van der Waals surface area contributed by atoms with Crippen LogP contribution in [0.1, 0.15) is 36.3 Å². The highest BCUT2D eigenvalue weighted by Gasteiger charge is 2.70. The van der Waals surface area contributed by atoms with Crippen LogP contribution < -0.4 is 10.2 Å². The van der Waals surface area contributed by atoms with Crippen LogP contribution in [0.5, 0.6) is 11.5 Å². The minimum Gasteiger partial charge on any atom is -0.508 e. The molecule has 3 N–H and O–H groups in total. The summed E-state index contributed by atoms with van der Waals surface area (Å²) in [6.45, 7) is -0.272. The monoisotopic (exact) mass is 737 g/mol. The summed E-state index contributed by atoms with van der Waals surface area (Å²) in [5.74, 6) is -7.24. The lowest BCUT2D eigenvalue weighted by molar-refractivity contribution is -0.143. The SMILES string of the molecule is COc1ccc(C23C(=O)N(Nc4ccc(Cl)cc4Cl)C(=O)C2CC2C(=CCC4C(=O)N(CCC(=O)O)C(=O)C42)C3c2ccc(O)cc2Cl)cc1. The maximum absolute atomic E-state index is 15.2. The summed E-state index contributed by atoms with van der Waals surface area (Å²) < 4.78 is 5.41. The molecule has 2 saturated heterocycles. The van der Waals surface area contributed by atoms with E-state index in [-0.39, 0.29) is 40.9 Å². The van der Waals surface area contributed by atoms with Gasteiger partial charge in [0.05, 0.1) is 47.4 Å². The Hall–Kier alpha value is -4.58. The van der Waals surface area contributed by atoms with E-state index < -0.39 is 71.0 Å². The number of ether oxygens (including phenoxy) is 1. The van der Waals surface area contributed by atoms with Gasteiger partial charge in [-0.05, 0) is 72.4 Å². The van der Waals surface area contributed by atoms with Crippen molar-refractivity contribution in [3.05, 3.63) is 98.5 Å². The van der Waals surface area contributed by atoms with E-state index in [1.807, 2.05) is 6.08 Å². The third-order valence-electron chi connectivity index (χ3n) is 10.5. The van der Waals surface area contributed by atoms with Crippen LogP contribution in [-0.4, -0.2) is 63.4 Å². The van der Waals surface area contributed by atoms with Crippen molar-refractivity contribution in [3.63, 3.8) is 0 Å². The number of hydrogen-bond donors (Lipinski definition) is 3. The number of rotatable bonds is 8. The molecule has 0 bridgehead atoms. The van der Waals surface area contributed by atoms with Gasteiger partial charge in [-0.15, -0.1) is 0 Å². The Morgan fingerprint density at radius 2 is 1.68 bits per heavy atom. The van der Waals surface area contributed by atoms with Gasteiger partial charge < -0.3 is 14.9 Å². The Kier molecular flexibility index (Phi) is 8.56. The zero-order chi connectivity index (χ0) is 35.6. The van der Waals surface area contributed by atoms with Crippen LogP contribution in [0.4, 0.5) is 5.69 Å². The molecular formula is C36H30Cl3N3O8. The number of imide groups is 2. The van der Waals surface area contributed by atoms with Gasteiger partial charge in [0.2, 0.25) is 11.8 Å². The van der Waals surface area contributed by atoms with E-state index in [2.05, 4.69) is 5.43 Å². The van der Waals surface area contributed by atoms with Gasteiger partial charge in [0.1, 0.15) is 11.5 Å². The highest BCUT2D eigenvalue weighted by molar-refractivity contribution is 6.36. The fraction of sp³-hybridized carbons (Fsp3) is 0.306. The van der Waals surface area contributed by atoms with E-state index in [0.29, 0.717) is 27.5 Å². The van der Waals surface area contributed by atoms with Crippen LogP contribution in [0.15, 0.2) is 72.3 Å². The number of phenolic OH excluding ortho intramolecular Hbond substituents is 1. The van der Waals surface area contributed by atoms with Crippen LogP contribution in [0.2, 0.25) is 15.1 Å². The molecule has 2 aliphatic carbocycles. The number of methoxy groups -OCH3 is 1. The van der Waals surface area contributed by atoms with Gasteiger partial charge in [-0.2, -0.15) is 5.01 Å². The summed E-state index contributed by atoms with van der Waals surface area (Å²) in [4.78, 5) is 69.9. The molecule has 0 aromatic heterocycles. The zero-order valence-electron chi connectivity index (χ0n) is 26.4. The number of carboxylic acids is 1. The maximum Gasteiger partial charge on any atom is 0.305 e. The number of hydrazine groups is 1. The Bertz CT molecular complexity index is 2000. The van der Waals surface area contributed by atoms with Gasteiger partial charge in [0.25, 0.3) is 11.8 Å². The molecule has 11 nitrogen and oxygen atoms in total. The van der Waals surface area contributed by atoms with E-state index in [1.165, 1.54) is 25.3 Å². The Morgan fingerprint density at radius 1 is 0.940 bits per heavy atom. The first-order valence-corrected chi connectivity index (χ1v) is 17.0. The molecular weight excluding hydrogens is 709 g/mol. The van der Waals surface area contributed by atoms with Crippen molar-refractivity contribution in [1.29, 1.82) is 0 Å². The number of allylic oxidation sites excluding steroid dienone is 2. The largest absolute Gasteiger partial charge is 0.508 e. The van der Waals surface area contributed by atoms with Crippen LogP contribution in [0.3, 0.4) is 0 Å². The summed E-state index contributed by atoms with van der Waals surface area (Å²) in [6.07, 6.45) is 1.63. The van der Waals surface area contributed by atoms with Crippen LogP contribution in [-0.2, 0) is 29.4 Å². The molecule has 6 unspecified atom stereocenters. The average molecular weight is 739 g/mol. The molecule has 4 amide bonds. The second-order valence-electron chi connectivity index (χ2n) is 12.9. The predicted octanol–water partition coefficient (Wildman–Crippen LogP) is 5.82. The number of carboxylic acid groups (broad SMARTS) is 1. The van der Waals surface area contributed by atoms with Crippen molar-refractivity contribution in [3.8, 4) is 11.5 Å². The van der Waals surface area contributed by atoms with Crippen molar-refractivity contribution in [2.75, 3.05) is 19.1 Å². The summed E-state index contributed by atoms with van der Waals surface area (Å²) in [7, 11) is 1.51. The predicted molar refractivity (Wildman–Crippen MR) is 183 cm³/mol. The standard InChI is InChI=1S/C36H30Cl3N3O8/c1-50-20-6-2-17(3-7-20)36-25(33(47)42(35(36)49)40-28-11-4-18(37)14-27(28)39)16-24-21(31(36)22-8-5-19(43)15-26(22)38)9-10-23-30(24)34(48)41(32(23)46)13-12-29(44)45/h2-9,11,14-15,23-25,30-31,40,43H,10,12-13,16H2,1H3,(H,44,45). The number of aliphatic carboxylic acids is 1. The molecule has 3 aromatic carbocycles. The molecule has 4 aliphatic rings. The quantitative estimate of drug-likeness (QED) is 0.192. The number of aromatic hydroxyl groups is 1. The van der Waals surface area contributed by atoms with Crippen molar-refractivity contribution >= 4 is 70.1 Å². The van der Waals surface area contributed by atoms with Gasteiger partial charge in [-0.3, -0.25) is 34.3 Å². The number of carbonyl (C=O) groups is 5. The Balaban J connectivity index is 1.44. The van der Waals surface area contributed by atoms with Crippen molar-refractivity contribution in [1.82, 2.24) is 9.91 Å². The van der Waals surface area contributed by atoms with Gasteiger partial charge in [0, 0.05) is 22.5 Å². The number of fused-ring (bicyclic) bond motifs is 4. The van der Waals surface area contributed by atoms with Gasteiger partial charge in [-0.25, -0.2) is 0 Å². The number of amides is 4. The minimum absolute atomic E-state index is 0.0220. The van der Waals surface area contributed by atoms with E-state index in [0.717, 1.165) is 9.91 Å². The number of likely N-dealkylation sites (tertiary alicyclic amines) is 1. The van der Waals surface area contributed by atoms with Gasteiger partial charge in [-0.1, -0.05) is 64.7 Å². The van der Waals surface area contributed by atoms with E-state index in [1.54, 1.807) is 42.5 Å². The number of nitrogens with zero attached hydrogens (tertiary/aromatic N) is 2. The lowest BCUT2D eigenvalue weighted by Gasteiger charge is -2.50. The number of halogens is 3. The smallest absolute Gasteiger partial charge is 0.305 e. The first-order valence-electron chi connectivity index (χ1n) is 15.9. The molecule has 0 radical (unpaired) electrons. The van der Waals surface area contributed by atoms with E-state index in [4.69, 9.17) is 39.5 Å². The first-order chi connectivity index (χ1) is 23.9. The second-order valence-corrected chi connectivity index (χ2v) is 14.1. The average Bonchev–Trinajstić information content (AvgIpc) is 3.45. The van der Waals surface area contributed by atoms with Crippen molar-refractivity contribution < 1.29 is 38.9 Å². The summed E-state index contributed by atoms with van der Waals surface area (Å²) >= 11 is 19.5. The van der Waals surface area contributed by atoms with Gasteiger partial charge in [0.15, 0.2) is 0 Å². The normalized spacial score (nSPS) is 27.1. The second kappa shape index (κ2) is 12.6. The third kappa shape index (κ3) is 5.13. The number of anilines is 1. The fourth-order valence-corrected chi connectivity index (χ4v) is 9.17. The maximum atomic E-state index is 15.2. The molecule has 0 spiro atoms. The number of benzene rings is 3. The third-order valence-corrected chi connectivity index (χ3v) is 11.4. The van der Waals surface area contributed by atoms with Crippen LogP contribution in [0.25, 0.3) is 0 Å². The topological polar surface area (TPSA) is 154 Å². The molecule has 14 heteroatoms. The number of carbonyl (C=O) groups excluding carboxylic acids is 4. The molecule has 1 saturated carbocycles. The number of hydrogen-bond acceptors (Lipinski definition) is 8. The van der Waals surface area contributed by atoms with Crippen molar-refractivity contribution in [2.45, 2.75) is 30.6 Å². The van der Waals surface area contributed by atoms with Crippen molar-refractivity contribution in [2.24, 2.45) is 23.7 Å². The minimum atomic E-state index is -1.63. The van der Waals surface area contributed by atoms with Crippen LogP contribution in [0, 0.1) is 23.7 Å². The molecule has 3 fully saturated rings. The summed E-state index contributed by atoms with van der Waals surface area (Å²) in [6, 6.07) is 15.8. The lowest BCUT2D eigenvalue weighted by Crippen LogP contribution is -2.53. The molecule has 2 heterocycles. The highest BCUT2D eigenvalue weighted by Crippen LogP contribution is 2.65. The molecule has 3 aromatic rings. The van der Waals surface area contributed by atoms with Gasteiger partial charge >= 0.3 is 5.97 Å². The molecule has 2 aliphatic heterocycles. The van der Waals surface area contributed by atoms with Crippen LogP contribution >= 0.6 is 34.8 Å². The van der Waals surface area contributed by atoms with E-state index >= 15 is 4.79 Å². The first kappa shape index (κ1) is 33.9. The molecule has 258 valence electrons. The summed E-state index contributed by atoms with van der Waals surface area (Å²) in [5.41, 5.74) is 3.13. The number of nitrogens with one attached hydrogen (secondary N) is 1. The highest BCUT2D eigenvalue weighted by atomic mass is 35.5. The van der Waals surface area contributed by atoms with E-state index in [9.17, 15) is 29.4 Å². The number of phenols is 1.